The van der Waals surface area contributed by atoms with Gasteiger partial charge in [-0.2, -0.15) is 0 Å². The fourth-order valence-electron chi connectivity index (χ4n) is 0.842. The molecule has 1 unspecified atom stereocenters. The molecule has 0 aromatic heterocycles. The first-order chi connectivity index (χ1) is 5.47. The van der Waals surface area contributed by atoms with Gasteiger partial charge in [0.1, 0.15) is 6.10 Å². The maximum Gasteiger partial charge on any atom is 0.523 e. The van der Waals surface area contributed by atoms with Gasteiger partial charge in [-0.15, -0.1) is 13.2 Å². The second-order valence-corrected chi connectivity index (χ2v) is 2.44. The fourth-order valence-corrected chi connectivity index (χ4v) is 0.842. The van der Waals surface area contributed by atoms with Crippen LogP contribution >= 0.6 is 0 Å². The predicted molar refractivity (Wildman–Crippen MR) is 38.0 cm³/mol. The Balaban J connectivity index is 2.44. The highest BCUT2D eigenvalue weighted by atomic mass is 19.4. The zero-order valence-electron chi connectivity index (χ0n) is 6.43. The summed E-state index contributed by atoms with van der Waals surface area (Å²) in [6.07, 6.45) is -2.67. The van der Waals surface area contributed by atoms with Crippen molar-refractivity contribution in [2.45, 2.75) is 19.4 Å². The maximum atomic E-state index is 11.6. The molecule has 1 rings (SSSR count). The van der Waals surface area contributed by atoms with Crippen LogP contribution in [0.25, 0.3) is 0 Å². The van der Waals surface area contributed by atoms with Crippen LogP contribution in [-0.4, -0.2) is 24.7 Å². The number of halogens is 3. The minimum Gasteiger partial charge on any atom is -0.287 e. The van der Waals surface area contributed by atoms with Gasteiger partial charge >= 0.3 is 6.36 Å². The Morgan fingerprint density at radius 2 is 2.25 bits per heavy atom. The lowest BCUT2D eigenvalue weighted by Gasteiger charge is -2.16. The zero-order valence-corrected chi connectivity index (χ0v) is 6.43. The van der Waals surface area contributed by atoms with Crippen LogP contribution in [0.5, 0.6) is 0 Å². The summed E-state index contributed by atoms with van der Waals surface area (Å²) in [7, 11) is 0. The van der Waals surface area contributed by atoms with Crippen molar-refractivity contribution in [2.75, 3.05) is 6.54 Å². The minimum absolute atomic E-state index is 0.0435. The average molecular weight is 179 g/mol. The van der Waals surface area contributed by atoms with E-state index < -0.39 is 12.5 Å². The molecule has 5 heteroatoms. The number of alkyl halides is 3. The molecule has 0 spiro atoms. The second kappa shape index (κ2) is 3.26. The first-order valence-electron chi connectivity index (χ1n) is 3.41. The summed E-state index contributed by atoms with van der Waals surface area (Å²) in [5, 5.41) is 0. The molecule has 1 heterocycles. The molecule has 0 fully saturated rings. The maximum absolute atomic E-state index is 11.6. The molecule has 0 aromatic carbocycles. The van der Waals surface area contributed by atoms with E-state index in [0.29, 0.717) is 0 Å². The third-order valence-electron chi connectivity index (χ3n) is 1.36. The highest BCUT2D eigenvalue weighted by Gasteiger charge is 2.32. The number of hydrogen-bond acceptors (Lipinski definition) is 2. The Labute approximate surface area is 67.7 Å². The molecule has 0 aliphatic carbocycles. The summed E-state index contributed by atoms with van der Waals surface area (Å²) in [5.74, 6) is 0. The Morgan fingerprint density at radius 1 is 1.58 bits per heavy atom. The first kappa shape index (κ1) is 9.25. The van der Waals surface area contributed by atoms with Crippen LogP contribution in [-0.2, 0) is 4.74 Å². The number of dihydropyridines is 1. The van der Waals surface area contributed by atoms with Crippen molar-refractivity contribution < 1.29 is 17.9 Å². The molecule has 0 bridgehead atoms. The number of aliphatic imine (C=N–C) groups is 1. The fraction of sp³-hybridized carbons (Fsp3) is 0.571. The summed E-state index contributed by atoms with van der Waals surface area (Å²) in [6.45, 7) is 1.77. The predicted octanol–water partition coefficient (Wildman–Crippen LogP) is 1.92. The number of nitrogens with zero attached hydrogens (tertiary/aromatic N) is 1. The Morgan fingerprint density at radius 3 is 2.67 bits per heavy atom. The van der Waals surface area contributed by atoms with Crippen molar-refractivity contribution in [3.05, 3.63) is 12.2 Å². The summed E-state index contributed by atoms with van der Waals surface area (Å²) < 4.78 is 38.6. The molecule has 0 N–H and O–H groups in total. The summed E-state index contributed by atoms with van der Waals surface area (Å²) in [5.41, 5.74) is 0.719. The molecule has 1 aliphatic heterocycles. The number of rotatable bonds is 1. The van der Waals surface area contributed by atoms with E-state index in [4.69, 9.17) is 0 Å². The highest BCUT2D eigenvalue weighted by Crippen LogP contribution is 2.20. The third kappa shape index (κ3) is 3.04. The monoisotopic (exact) mass is 179 g/mol. The molecule has 1 atom stereocenters. The molecule has 68 valence electrons. The molecular weight excluding hydrogens is 171 g/mol. The van der Waals surface area contributed by atoms with Crippen LogP contribution in [0.4, 0.5) is 13.2 Å². The summed E-state index contributed by atoms with van der Waals surface area (Å²) in [6, 6.07) is 0. The lowest BCUT2D eigenvalue weighted by molar-refractivity contribution is -0.335. The van der Waals surface area contributed by atoms with Gasteiger partial charge in [0.15, 0.2) is 0 Å². The van der Waals surface area contributed by atoms with Gasteiger partial charge in [0.05, 0.1) is 6.54 Å². The van der Waals surface area contributed by atoms with E-state index >= 15 is 0 Å². The van der Waals surface area contributed by atoms with Crippen LogP contribution in [0.15, 0.2) is 17.1 Å². The molecule has 0 amide bonds. The smallest absolute Gasteiger partial charge is 0.287 e. The summed E-state index contributed by atoms with van der Waals surface area (Å²) >= 11 is 0. The van der Waals surface area contributed by atoms with Crippen molar-refractivity contribution >= 4 is 5.71 Å². The van der Waals surface area contributed by atoms with Crippen molar-refractivity contribution in [3.8, 4) is 0 Å². The van der Waals surface area contributed by atoms with E-state index in [2.05, 4.69) is 9.73 Å². The zero-order chi connectivity index (χ0) is 9.19. The van der Waals surface area contributed by atoms with Crippen LogP contribution in [0, 0.1) is 0 Å². The molecule has 12 heavy (non-hydrogen) atoms. The Hall–Kier alpha value is -0.840. The van der Waals surface area contributed by atoms with E-state index in [0.717, 1.165) is 5.71 Å². The van der Waals surface area contributed by atoms with Gasteiger partial charge in [-0.05, 0) is 13.0 Å². The van der Waals surface area contributed by atoms with Gasteiger partial charge in [0.2, 0.25) is 0 Å². The second-order valence-electron chi connectivity index (χ2n) is 2.44. The lowest BCUT2D eigenvalue weighted by Crippen LogP contribution is -2.26. The quantitative estimate of drug-likeness (QED) is 0.602. The first-order valence-corrected chi connectivity index (χ1v) is 3.41. The van der Waals surface area contributed by atoms with E-state index in [1.54, 1.807) is 6.92 Å². The average Bonchev–Trinajstić information content (AvgIpc) is 1.91. The Kier molecular flexibility index (Phi) is 2.52. The van der Waals surface area contributed by atoms with Crippen molar-refractivity contribution in [1.82, 2.24) is 0 Å². The van der Waals surface area contributed by atoms with E-state index in [1.807, 2.05) is 0 Å². The van der Waals surface area contributed by atoms with Crippen molar-refractivity contribution in [3.63, 3.8) is 0 Å². The van der Waals surface area contributed by atoms with Gasteiger partial charge in [0.25, 0.3) is 0 Å². The van der Waals surface area contributed by atoms with Gasteiger partial charge in [-0.3, -0.25) is 9.73 Å². The van der Waals surface area contributed by atoms with E-state index in [9.17, 15) is 13.2 Å². The van der Waals surface area contributed by atoms with Crippen LogP contribution in [0.2, 0.25) is 0 Å². The minimum atomic E-state index is -4.57. The summed E-state index contributed by atoms with van der Waals surface area (Å²) in [4.78, 5) is 3.80. The standard InChI is InChI=1S/C7H8F3NO/c1-5-2-3-6(4-11-5)12-7(8,9)10/h2-3,6H,4H2,1H3. The lowest BCUT2D eigenvalue weighted by atomic mass is 10.2. The molecule has 0 saturated heterocycles. The van der Waals surface area contributed by atoms with E-state index in [-0.39, 0.29) is 6.54 Å². The van der Waals surface area contributed by atoms with Crippen LogP contribution in [0.3, 0.4) is 0 Å². The molecule has 1 aliphatic rings. The van der Waals surface area contributed by atoms with Crippen LogP contribution < -0.4 is 0 Å². The van der Waals surface area contributed by atoms with Crippen LogP contribution in [0.1, 0.15) is 6.92 Å². The molecular formula is C7H8F3NO. The largest absolute Gasteiger partial charge is 0.523 e. The molecule has 0 aromatic rings. The van der Waals surface area contributed by atoms with Gasteiger partial charge in [-0.25, -0.2) is 0 Å². The SMILES string of the molecule is CC1=NCC(OC(F)(F)F)C=C1. The normalized spacial score (nSPS) is 24.0. The van der Waals surface area contributed by atoms with Gasteiger partial charge in [0, 0.05) is 5.71 Å². The number of ether oxygens (including phenoxy) is 1. The molecule has 0 radical (unpaired) electrons. The van der Waals surface area contributed by atoms with E-state index in [1.165, 1.54) is 12.2 Å². The van der Waals surface area contributed by atoms with Crippen molar-refractivity contribution in [1.29, 1.82) is 0 Å². The molecule has 0 saturated carbocycles. The van der Waals surface area contributed by atoms with Crippen molar-refractivity contribution in [2.24, 2.45) is 4.99 Å². The number of hydrogen-bond donors (Lipinski definition) is 0. The van der Waals surface area contributed by atoms with Gasteiger partial charge in [-0.1, -0.05) is 6.08 Å². The third-order valence-corrected chi connectivity index (χ3v) is 1.36. The molecule has 2 nitrogen and oxygen atoms in total. The van der Waals surface area contributed by atoms with Gasteiger partial charge < -0.3 is 0 Å². The number of allylic oxidation sites excluding steroid dienone is 1. The Bertz CT molecular complexity index is 219. The topological polar surface area (TPSA) is 21.6 Å². The highest BCUT2D eigenvalue weighted by molar-refractivity contribution is 5.93.